The summed E-state index contributed by atoms with van der Waals surface area (Å²) in [6, 6.07) is 3.40. The first-order valence-electron chi connectivity index (χ1n) is 3.94. The van der Waals surface area contributed by atoms with Crippen molar-refractivity contribution in [3.8, 4) is 5.75 Å². The Morgan fingerprint density at radius 3 is 2.47 bits per heavy atom. The van der Waals surface area contributed by atoms with E-state index in [4.69, 9.17) is 21.4 Å². The van der Waals surface area contributed by atoms with Crippen molar-refractivity contribution >= 4 is 11.6 Å². The van der Waals surface area contributed by atoms with Crippen molar-refractivity contribution in [2.24, 2.45) is 0 Å². The van der Waals surface area contributed by atoms with Gasteiger partial charge in [-0.05, 0) is 17.7 Å². The summed E-state index contributed by atoms with van der Waals surface area (Å²) >= 11 is 5.63. The van der Waals surface area contributed by atoms with Gasteiger partial charge in [-0.3, -0.25) is 0 Å². The number of rotatable bonds is 2. The van der Waals surface area contributed by atoms with Gasteiger partial charge in [-0.2, -0.15) is 13.2 Å². The minimum absolute atomic E-state index is 0.0949. The Morgan fingerprint density at radius 2 is 2.00 bits per heavy atom. The fourth-order valence-electron chi connectivity index (χ4n) is 1.04. The first-order valence-corrected chi connectivity index (χ1v) is 4.32. The summed E-state index contributed by atoms with van der Waals surface area (Å²) in [4.78, 5) is 0. The van der Waals surface area contributed by atoms with Gasteiger partial charge in [0.05, 0.1) is 12.1 Å². The molecule has 0 unspecified atom stereocenters. The van der Waals surface area contributed by atoms with E-state index in [2.05, 4.69) is 0 Å². The Hall–Kier alpha value is -0.940. The topological polar surface area (TPSA) is 29.5 Å². The van der Waals surface area contributed by atoms with Crippen molar-refractivity contribution in [2.75, 3.05) is 7.11 Å². The summed E-state index contributed by atoms with van der Waals surface area (Å²) in [5.41, 5.74) is -0.302. The number of alkyl halides is 3. The quantitative estimate of drug-likeness (QED) is 0.861. The van der Waals surface area contributed by atoms with Gasteiger partial charge in [-0.1, -0.05) is 17.7 Å². The highest BCUT2D eigenvalue weighted by atomic mass is 35.5. The van der Waals surface area contributed by atoms with Gasteiger partial charge < -0.3 is 9.84 Å². The Kier molecular flexibility index (Phi) is 3.46. The van der Waals surface area contributed by atoms with E-state index in [0.29, 0.717) is 0 Å². The first-order chi connectivity index (χ1) is 6.86. The van der Waals surface area contributed by atoms with E-state index < -0.39 is 12.3 Å². The summed E-state index contributed by atoms with van der Waals surface area (Å²) in [6.07, 6.45) is -7.22. The van der Waals surface area contributed by atoms with Crippen molar-refractivity contribution in [1.82, 2.24) is 0 Å². The third-order valence-corrected chi connectivity index (χ3v) is 2.11. The van der Waals surface area contributed by atoms with Crippen LogP contribution in [0.2, 0.25) is 5.02 Å². The summed E-state index contributed by atoms with van der Waals surface area (Å²) in [5, 5.41) is 9.13. The normalized spacial score (nSPS) is 13.7. The lowest BCUT2D eigenvalue weighted by molar-refractivity contribution is -0.206. The van der Waals surface area contributed by atoms with Gasteiger partial charge in [0.15, 0.2) is 6.10 Å². The summed E-state index contributed by atoms with van der Waals surface area (Å²) in [5.74, 6) is 0.0949. The van der Waals surface area contributed by atoms with Crippen molar-refractivity contribution in [3.05, 3.63) is 28.8 Å². The Labute approximate surface area is 89.2 Å². The van der Waals surface area contributed by atoms with E-state index in [-0.39, 0.29) is 16.3 Å². The highest BCUT2D eigenvalue weighted by molar-refractivity contribution is 6.32. The monoisotopic (exact) mass is 240 g/mol. The Balaban J connectivity index is 3.06. The van der Waals surface area contributed by atoms with E-state index in [1.54, 1.807) is 0 Å². The molecule has 0 radical (unpaired) electrons. The number of hydrogen-bond acceptors (Lipinski definition) is 2. The maximum absolute atomic E-state index is 12.1. The predicted octanol–water partition coefficient (Wildman–Crippen LogP) is 2.94. The molecule has 1 atom stereocenters. The molecule has 0 heterocycles. The fraction of sp³-hybridized carbons (Fsp3) is 0.333. The summed E-state index contributed by atoms with van der Waals surface area (Å²) in [7, 11) is 1.28. The van der Waals surface area contributed by atoms with Gasteiger partial charge in [0.1, 0.15) is 5.75 Å². The lowest BCUT2D eigenvalue weighted by Gasteiger charge is -2.15. The van der Waals surface area contributed by atoms with Gasteiger partial charge in [-0.25, -0.2) is 0 Å². The average molecular weight is 241 g/mol. The molecule has 84 valence electrons. The summed E-state index contributed by atoms with van der Waals surface area (Å²) < 4.78 is 41.2. The molecule has 0 bridgehead atoms. The van der Waals surface area contributed by atoms with Crippen LogP contribution in [0.4, 0.5) is 13.2 Å². The molecule has 0 saturated heterocycles. The maximum Gasteiger partial charge on any atom is 0.418 e. The highest BCUT2D eigenvalue weighted by Crippen LogP contribution is 2.35. The van der Waals surface area contributed by atoms with Crippen LogP contribution < -0.4 is 4.74 Å². The van der Waals surface area contributed by atoms with E-state index in [1.165, 1.54) is 13.2 Å². The van der Waals surface area contributed by atoms with Gasteiger partial charge in [0, 0.05) is 0 Å². The number of ether oxygens (including phenoxy) is 1. The molecule has 0 aliphatic rings. The SMILES string of the molecule is COc1cc([C@@H](O)C(F)(F)F)ccc1Cl. The lowest BCUT2D eigenvalue weighted by atomic mass is 10.1. The molecule has 0 fully saturated rings. The molecule has 2 nitrogen and oxygen atoms in total. The number of halogens is 4. The first kappa shape index (κ1) is 12.1. The van der Waals surface area contributed by atoms with E-state index in [1.807, 2.05) is 0 Å². The zero-order valence-corrected chi connectivity index (χ0v) is 8.43. The van der Waals surface area contributed by atoms with Crippen LogP contribution in [0, 0.1) is 0 Å². The third kappa shape index (κ3) is 2.76. The Morgan fingerprint density at radius 1 is 1.40 bits per heavy atom. The van der Waals surface area contributed by atoms with Gasteiger partial charge >= 0.3 is 6.18 Å². The molecule has 0 aliphatic heterocycles. The van der Waals surface area contributed by atoms with Crippen LogP contribution in [-0.2, 0) is 0 Å². The van der Waals surface area contributed by atoms with E-state index in [9.17, 15) is 13.2 Å². The molecule has 6 heteroatoms. The maximum atomic E-state index is 12.1. The molecular weight excluding hydrogens is 233 g/mol. The molecule has 0 aromatic heterocycles. The average Bonchev–Trinajstić information content (AvgIpc) is 2.16. The molecule has 1 aromatic carbocycles. The number of benzene rings is 1. The van der Waals surface area contributed by atoms with E-state index in [0.717, 1.165) is 12.1 Å². The van der Waals surface area contributed by atoms with Crippen molar-refractivity contribution < 1.29 is 23.0 Å². The number of hydrogen-bond donors (Lipinski definition) is 1. The lowest BCUT2D eigenvalue weighted by Crippen LogP contribution is -2.20. The van der Waals surface area contributed by atoms with Crippen LogP contribution in [0.5, 0.6) is 5.75 Å². The van der Waals surface area contributed by atoms with Gasteiger partial charge in [-0.15, -0.1) is 0 Å². The number of aliphatic hydroxyl groups is 1. The van der Waals surface area contributed by atoms with Crippen LogP contribution in [0.15, 0.2) is 18.2 Å². The van der Waals surface area contributed by atoms with Crippen LogP contribution in [0.1, 0.15) is 11.7 Å². The highest BCUT2D eigenvalue weighted by Gasteiger charge is 2.39. The second kappa shape index (κ2) is 4.28. The molecule has 0 spiro atoms. The minimum Gasteiger partial charge on any atom is -0.495 e. The zero-order valence-electron chi connectivity index (χ0n) is 7.68. The molecule has 15 heavy (non-hydrogen) atoms. The molecule has 1 rings (SSSR count). The fourth-order valence-corrected chi connectivity index (χ4v) is 1.23. The molecule has 1 N–H and O–H groups in total. The molecule has 1 aromatic rings. The summed E-state index contributed by atoms with van der Waals surface area (Å²) in [6.45, 7) is 0. The zero-order chi connectivity index (χ0) is 11.6. The standard InChI is InChI=1S/C9H8ClF3O2/c1-15-7-4-5(2-3-6(7)10)8(14)9(11,12)13/h2-4,8,14H,1H3/t8-/m1/s1. The van der Waals surface area contributed by atoms with Crippen LogP contribution in [-0.4, -0.2) is 18.4 Å². The predicted molar refractivity (Wildman–Crippen MR) is 49.0 cm³/mol. The Bertz CT molecular complexity index is 352. The van der Waals surface area contributed by atoms with Crippen molar-refractivity contribution in [1.29, 1.82) is 0 Å². The van der Waals surface area contributed by atoms with Crippen LogP contribution >= 0.6 is 11.6 Å². The van der Waals surface area contributed by atoms with Gasteiger partial charge in [0.2, 0.25) is 0 Å². The third-order valence-electron chi connectivity index (χ3n) is 1.80. The second-order valence-corrected chi connectivity index (χ2v) is 3.25. The van der Waals surface area contributed by atoms with Crippen LogP contribution in [0.3, 0.4) is 0 Å². The number of methoxy groups -OCH3 is 1. The van der Waals surface area contributed by atoms with Crippen molar-refractivity contribution in [3.63, 3.8) is 0 Å². The second-order valence-electron chi connectivity index (χ2n) is 2.84. The number of aliphatic hydroxyl groups excluding tert-OH is 1. The molecular formula is C9H8ClF3O2. The van der Waals surface area contributed by atoms with Crippen LogP contribution in [0.25, 0.3) is 0 Å². The van der Waals surface area contributed by atoms with Gasteiger partial charge in [0.25, 0.3) is 0 Å². The smallest absolute Gasteiger partial charge is 0.418 e. The molecule has 0 saturated carbocycles. The van der Waals surface area contributed by atoms with E-state index >= 15 is 0 Å². The molecule has 0 amide bonds. The van der Waals surface area contributed by atoms with Crippen molar-refractivity contribution in [2.45, 2.75) is 12.3 Å². The molecule has 0 aliphatic carbocycles. The largest absolute Gasteiger partial charge is 0.495 e. The minimum atomic E-state index is -4.70.